The van der Waals surface area contributed by atoms with E-state index < -0.39 is 17.7 Å². The highest BCUT2D eigenvalue weighted by atomic mass is 16.3. The predicted octanol–water partition coefficient (Wildman–Crippen LogP) is 3.04. The van der Waals surface area contributed by atoms with E-state index in [9.17, 15) is 14.4 Å². The van der Waals surface area contributed by atoms with Crippen LogP contribution in [0.1, 0.15) is 36.8 Å². The van der Waals surface area contributed by atoms with Crippen molar-refractivity contribution in [2.45, 2.75) is 6.92 Å². The number of benzene rings is 1. The van der Waals surface area contributed by atoms with Crippen LogP contribution >= 0.6 is 0 Å². The normalized spacial score (nSPS) is 13.0. The van der Waals surface area contributed by atoms with Crippen molar-refractivity contribution in [1.29, 1.82) is 0 Å². The SMILES string of the molecule is Cc1ccoc1C(=O)Nc1ccc(N2C(=O)c3ccccc3C2=O)cn1. The highest BCUT2D eigenvalue weighted by Gasteiger charge is 2.36. The fraction of sp³-hybridized carbons (Fsp3) is 0.0526. The number of amides is 3. The molecule has 0 atom stereocenters. The van der Waals surface area contributed by atoms with Crippen LogP contribution in [-0.2, 0) is 0 Å². The lowest BCUT2D eigenvalue weighted by atomic mass is 10.1. The first-order chi connectivity index (χ1) is 12.6. The number of imide groups is 1. The Kier molecular flexibility index (Phi) is 3.62. The van der Waals surface area contributed by atoms with Crippen molar-refractivity contribution >= 4 is 29.2 Å². The molecular formula is C19H13N3O4. The molecule has 0 saturated heterocycles. The Balaban J connectivity index is 1.56. The van der Waals surface area contributed by atoms with Gasteiger partial charge in [0.25, 0.3) is 17.7 Å². The summed E-state index contributed by atoms with van der Waals surface area (Å²) in [5.41, 5.74) is 1.78. The number of anilines is 2. The third kappa shape index (κ3) is 2.46. The second-order valence-electron chi connectivity index (χ2n) is 5.78. The summed E-state index contributed by atoms with van der Waals surface area (Å²) in [6.45, 7) is 1.76. The van der Waals surface area contributed by atoms with Crippen molar-refractivity contribution in [3.05, 3.63) is 77.4 Å². The summed E-state index contributed by atoms with van der Waals surface area (Å²) in [7, 11) is 0. The largest absolute Gasteiger partial charge is 0.459 e. The van der Waals surface area contributed by atoms with Gasteiger partial charge in [-0.2, -0.15) is 0 Å². The minimum Gasteiger partial charge on any atom is -0.459 e. The monoisotopic (exact) mass is 347 g/mol. The highest BCUT2D eigenvalue weighted by molar-refractivity contribution is 6.34. The summed E-state index contributed by atoms with van der Waals surface area (Å²) in [6.07, 6.45) is 2.80. The van der Waals surface area contributed by atoms with Crippen LogP contribution in [0.4, 0.5) is 11.5 Å². The summed E-state index contributed by atoms with van der Waals surface area (Å²) >= 11 is 0. The van der Waals surface area contributed by atoms with E-state index in [1.165, 1.54) is 18.5 Å². The maximum atomic E-state index is 12.5. The van der Waals surface area contributed by atoms with Crippen molar-refractivity contribution in [3.8, 4) is 0 Å². The van der Waals surface area contributed by atoms with Crippen LogP contribution in [0.3, 0.4) is 0 Å². The Morgan fingerprint density at radius 3 is 2.27 bits per heavy atom. The molecule has 1 N–H and O–H groups in total. The lowest BCUT2D eigenvalue weighted by molar-refractivity contribution is 0.0924. The van der Waals surface area contributed by atoms with Crippen LogP contribution < -0.4 is 10.2 Å². The zero-order valence-corrected chi connectivity index (χ0v) is 13.7. The van der Waals surface area contributed by atoms with E-state index in [1.807, 2.05) is 0 Å². The number of furan rings is 1. The Bertz CT molecular complexity index is 1000. The van der Waals surface area contributed by atoms with Gasteiger partial charge in [-0.15, -0.1) is 0 Å². The molecule has 7 nitrogen and oxygen atoms in total. The number of hydrogen-bond donors (Lipinski definition) is 1. The van der Waals surface area contributed by atoms with Gasteiger partial charge in [0, 0.05) is 5.56 Å². The van der Waals surface area contributed by atoms with E-state index in [1.54, 1.807) is 43.3 Å². The molecule has 0 radical (unpaired) electrons. The average molecular weight is 347 g/mol. The van der Waals surface area contributed by atoms with Crippen LogP contribution in [0.2, 0.25) is 0 Å². The third-order valence-electron chi connectivity index (χ3n) is 4.11. The van der Waals surface area contributed by atoms with E-state index in [0.29, 0.717) is 22.4 Å². The van der Waals surface area contributed by atoms with Gasteiger partial charge in [0.15, 0.2) is 5.76 Å². The number of aryl methyl sites for hydroxylation is 1. The number of rotatable bonds is 3. The lowest BCUT2D eigenvalue weighted by Crippen LogP contribution is -2.29. The first-order valence-corrected chi connectivity index (χ1v) is 7.85. The second-order valence-corrected chi connectivity index (χ2v) is 5.78. The summed E-state index contributed by atoms with van der Waals surface area (Å²) < 4.78 is 5.13. The van der Waals surface area contributed by atoms with Gasteiger partial charge in [0.05, 0.1) is 29.3 Å². The lowest BCUT2D eigenvalue weighted by Gasteiger charge is -2.13. The number of carbonyl (C=O) groups excluding carboxylic acids is 3. The Labute approximate surface area is 148 Å². The van der Waals surface area contributed by atoms with E-state index in [0.717, 1.165) is 4.90 Å². The van der Waals surface area contributed by atoms with Gasteiger partial charge in [0.2, 0.25) is 0 Å². The molecule has 7 heteroatoms. The molecule has 0 bridgehead atoms. The number of nitrogens with one attached hydrogen (secondary N) is 1. The zero-order valence-electron chi connectivity index (χ0n) is 13.7. The first kappa shape index (κ1) is 15.8. The fourth-order valence-corrected chi connectivity index (χ4v) is 2.79. The maximum absolute atomic E-state index is 12.5. The van der Waals surface area contributed by atoms with Crippen LogP contribution in [0, 0.1) is 6.92 Å². The summed E-state index contributed by atoms with van der Waals surface area (Å²) in [4.78, 5) is 42.2. The van der Waals surface area contributed by atoms with E-state index in [2.05, 4.69) is 10.3 Å². The number of aromatic nitrogens is 1. The molecule has 0 saturated carbocycles. The van der Waals surface area contributed by atoms with E-state index in [4.69, 9.17) is 4.42 Å². The van der Waals surface area contributed by atoms with Crippen molar-refractivity contribution in [3.63, 3.8) is 0 Å². The summed E-state index contributed by atoms with van der Waals surface area (Å²) in [5, 5.41) is 2.61. The molecule has 0 unspecified atom stereocenters. The molecular weight excluding hydrogens is 334 g/mol. The molecule has 26 heavy (non-hydrogen) atoms. The van der Waals surface area contributed by atoms with Crippen LogP contribution in [0.25, 0.3) is 0 Å². The topological polar surface area (TPSA) is 92.5 Å². The van der Waals surface area contributed by atoms with Gasteiger partial charge in [-0.3, -0.25) is 14.4 Å². The molecule has 1 aromatic carbocycles. The van der Waals surface area contributed by atoms with E-state index >= 15 is 0 Å². The molecule has 128 valence electrons. The Morgan fingerprint density at radius 1 is 1.04 bits per heavy atom. The minimum absolute atomic E-state index is 0.205. The minimum atomic E-state index is -0.423. The van der Waals surface area contributed by atoms with Gasteiger partial charge in [-0.1, -0.05) is 12.1 Å². The standard InChI is InChI=1S/C19H13N3O4/c1-11-8-9-26-16(11)17(23)21-15-7-6-12(10-20-15)22-18(24)13-4-2-3-5-14(13)19(22)25/h2-10H,1H3,(H,20,21,23). The molecule has 1 aliphatic rings. The number of pyridine rings is 1. The van der Waals surface area contributed by atoms with Crippen LogP contribution in [-0.4, -0.2) is 22.7 Å². The Hall–Kier alpha value is -3.74. The number of hydrogen-bond acceptors (Lipinski definition) is 5. The van der Waals surface area contributed by atoms with Gasteiger partial charge >= 0.3 is 0 Å². The highest BCUT2D eigenvalue weighted by Crippen LogP contribution is 2.28. The number of fused-ring (bicyclic) bond motifs is 1. The quantitative estimate of drug-likeness (QED) is 0.735. The molecule has 0 fully saturated rings. The molecule has 0 aliphatic carbocycles. The molecule has 2 aromatic heterocycles. The second kappa shape index (κ2) is 5.96. The van der Waals surface area contributed by atoms with Crippen molar-refractivity contribution in [2.75, 3.05) is 10.2 Å². The third-order valence-corrected chi connectivity index (χ3v) is 4.11. The van der Waals surface area contributed by atoms with Crippen LogP contribution in [0.5, 0.6) is 0 Å². The summed E-state index contributed by atoms with van der Waals surface area (Å²) in [6, 6.07) is 11.4. The summed E-state index contributed by atoms with van der Waals surface area (Å²) in [5.74, 6) is -0.721. The maximum Gasteiger partial charge on any atom is 0.292 e. The molecule has 3 heterocycles. The van der Waals surface area contributed by atoms with Crippen molar-refractivity contribution in [1.82, 2.24) is 4.98 Å². The van der Waals surface area contributed by atoms with Crippen LogP contribution in [0.15, 0.2) is 59.3 Å². The molecule has 4 rings (SSSR count). The van der Waals surface area contributed by atoms with Gasteiger partial charge in [0.1, 0.15) is 5.82 Å². The molecule has 3 aromatic rings. The first-order valence-electron chi connectivity index (χ1n) is 7.85. The fourth-order valence-electron chi connectivity index (χ4n) is 2.79. The molecule has 1 aliphatic heterocycles. The van der Waals surface area contributed by atoms with Gasteiger partial charge in [-0.25, -0.2) is 9.88 Å². The smallest absolute Gasteiger partial charge is 0.292 e. The average Bonchev–Trinajstić information content (AvgIpc) is 3.18. The molecule has 0 spiro atoms. The van der Waals surface area contributed by atoms with Crippen molar-refractivity contribution < 1.29 is 18.8 Å². The predicted molar refractivity (Wildman–Crippen MR) is 93.2 cm³/mol. The van der Waals surface area contributed by atoms with E-state index in [-0.39, 0.29) is 11.6 Å². The van der Waals surface area contributed by atoms with Crippen molar-refractivity contribution in [2.24, 2.45) is 0 Å². The van der Waals surface area contributed by atoms with Gasteiger partial charge < -0.3 is 9.73 Å². The van der Waals surface area contributed by atoms with Gasteiger partial charge in [-0.05, 0) is 37.3 Å². The zero-order chi connectivity index (χ0) is 18.3. The number of carbonyl (C=O) groups is 3. The molecule has 3 amide bonds. The Morgan fingerprint density at radius 2 is 1.73 bits per heavy atom. The number of nitrogens with zero attached hydrogens (tertiary/aromatic N) is 2.